The zero-order chi connectivity index (χ0) is 22.1. The first-order valence-electron chi connectivity index (χ1n) is 10.0. The number of carbonyl (C=O) groups excluding carboxylic acids is 1. The van der Waals surface area contributed by atoms with Gasteiger partial charge in [-0.25, -0.2) is 9.79 Å². The number of thiazole rings is 1. The first kappa shape index (κ1) is 20.9. The lowest BCUT2D eigenvalue weighted by molar-refractivity contribution is -0.136. The Morgan fingerprint density at radius 1 is 1.23 bits per heavy atom. The molecule has 4 rings (SSSR count). The molecule has 1 aliphatic heterocycles. The third-order valence-electron chi connectivity index (χ3n) is 5.33. The van der Waals surface area contributed by atoms with Gasteiger partial charge in [-0.05, 0) is 41.7 Å². The second-order valence-electron chi connectivity index (χ2n) is 7.68. The predicted octanol–water partition coefficient (Wildman–Crippen LogP) is 2.93. The smallest absolute Gasteiger partial charge is 0.338 e. The minimum Gasteiger partial charge on any atom is -0.466 e. The molecule has 0 saturated heterocycles. The molecule has 2 aromatic heterocycles. The van der Waals surface area contributed by atoms with E-state index < -0.39 is 12.0 Å². The van der Waals surface area contributed by atoms with Crippen molar-refractivity contribution in [2.75, 3.05) is 7.11 Å². The number of pyridine rings is 1. The van der Waals surface area contributed by atoms with Gasteiger partial charge in [0, 0.05) is 12.4 Å². The van der Waals surface area contributed by atoms with Crippen molar-refractivity contribution in [3.8, 4) is 0 Å². The maximum absolute atomic E-state index is 13.4. The van der Waals surface area contributed by atoms with Crippen molar-refractivity contribution in [2.24, 2.45) is 4.99 Å². The van der Waals surface area contributed by atoms with Gasteiger partial charge in [0.2, 0.25) is 0 Å². The number of esters is 1. The van der Waals surface area contributed by atoms with Gasteiger partial charge in [0.15, 0.2) is 4.80 Å². The number of aromatic nitrogens is 2. The molecule has 158 valence electrons. The Hall–Kier alpha value is -3.32. The normalized spacial score (nSPS) is 16.3. The van der Waals surface area contributed by atoms with Crippen LogP contribution in [0.1, 0.15) is 49.4 Å². The highest BCUT2D eigenvalue weighted by Gasteiger charge is 2.33. The Kier molecular flexibility index (Phi) is 5.69. The van der Waals surface area contributed by atoms with Crippen LogP contribution in [0.15, 0.2) is 69.8 Å². The van der Waals surface area contributed by atoms with Gasteiger partial charge in [-0.3, -0.25) is 14.3 Å². The van der Waals surface area contributed by atoms with Gasteiger partial charge in [0.25, 0.3) is 5.56 Å². The number of nitrogens with zero attached hydrogens (tertiary/aromatic N) is 3. The summed E-state index contributed by atoms with van der Waals surface area (Å²) in [5, 5.41) is 0. The van der Waals surface area contributed by atoms with E-state index in [2.05, 4.69) is 23.8 Å². The molecule has 31 heavy (non-hydrogen) atoms. The molecule has 0 aliphatic carbocycles. The number of carbonyl (C=O) groups is 1. The van der Waals surface area contributed by atoms with Crippen molar-refractivity contribution in [3.63, 3.8) is 0 Å². The summed E-state index contributed by atoms with van der Waals surface area (Å²) in [4.78, 5) is 35.3. The van der Waals surface area contributed by atoms with Crippen molar-refractivity contribution < 1.29 is 9.53 Å². The molecule has 1 aromatic carbocycles. The lowest BCUT2D eigenvalue weighted by Crippen LogP contribution is -2.39. The standard InChI is InChI=1S/C24H23N3O3S/c1-14(2)17-7-9-18(10-8-17)21-20(23(29)30-4)15(3)26-24-27(21)22(28)19(31-24)12-16-6-5-11-25-13-16/h5-14,21H,1-4H3. The molecule has 0 spiro atoms. The van der Waals surface area contributed by atoms with Crippen molar-refractivity contribution in [3.05, 3.63) is 96.4 Å². The van der Waals surface area contributed by atoms with E-state index in [0.29, 0.717) is 26.5 Å². The highest BCUT2D eigenvalue weighted by atomic mass is 32.1. The van der Waals surface area contributed by atoms with Gasteiger partial charge in [-0.15, -0.1) is 0 Å². The first-order valence-corrected chi connectivity index (χ1v) is 10.8. The molecule has 0 N–H and O–H groups in total. The van der Waals surface area contributed by atoms with E-state index in [1.54, 1.807) is 30.0 Å². The summed E-state index contributed by atoms with van der Waals surface area (Å²) in [6.45, 7) is 6.03. The Bertz CT molecular complexity index is 1330. The average molecular weight is 434 g/mol. The second-order valence-corrected chi connectivity index (χ2v) is 8.69. The second kappa shape index (κ2) is 8.43. The minimum atomic E-state index is -0.596. The molecule has 0 radical (unpaired) electrons. The summed E-state index contributed by atoms with van der Waals surface area (Å²) in [5.74, 6) is -0.103. The summed E-state index contributed by atoms with van der Waals surface area (Å²) >= 11 is 1.30. The highest BCUT2D eigenvalue weighted by molar-refractivity contribution is 7.07. The van der Waals surface area contributed by atoms with Crippen LogP contribution in [-0.2, 0) is 9.53 Å². The first-order chi connectivity index (χ1) is 14.9. The monoisotopic (exact) mass is 433 g/mol. The zero-order valence-corrected chi connectivity index (χ0v) is 18.6. The molecular weight excluding hydrogens is 410 g/mol. The summed E-state index contributed by atoms with van der Waals surface area (Å²) in [5.41, 5.74) is 3.59. The van der Waals surface area contributed by atoms with Crippen LogP contribution >= 0.6 is 11.3 Å². The van der Waals surface area contributed by atoms with E-state index in [1.807, 2.05) is 36.4 Å². The number of hydrogen-bond acceptors (Lipinski definition) is 6. The third-order valence-corrected chi connectivity index (χ3v) is 6.31. The van der Waals surface area contributed by atoms with E-state index in [-0.39, 0.29) is 5.56 Å². The molecule has 3 aromatic rings. The quantitative estimate of drug-likeness (QED) is 0.593. The van der Waals surface area contributed by atoms with Crippen LogP contribution in [0.5, 0.6) is 0 Å². The van der Waals surface area contributed by atoms with Crippen LogP contribution in [-0.4, -0.2) is 22.6 Å². The molecule has 7 heteroatoms. The molecule has 0 fully saturated rings. The molecule has 3 heterocycles. The number of rotatable bonds is 4. The lowest BCUT2D eigenvalue weighted by atomic mass is 9.93. The molecule has 1 unspecified atom stereocenters. The number of methoxy groups -OCH3 is 1. The Morgan fingerprint density at radius 2 is 1.97 bits per heavy atom. The molecular formula is C24H23N3O3S. The number of fused-ring (bicyclic) bond motifs is 1. The van der Waals surface area contributed by atoms with E-state index in [0.717, 1.165) is 11.1 Å². The van der Waals surface area contributed by atoms with Crippen molar-refractivity contribution in [1.29, 1.82) is 0 Å². The maximum atomic E-state index is 13.4. The maximum Gasteiger partial charge on any atom is 0.338 e. The average Bonchev–Trinajstić information content (AvgIpc) is 3.07. The van der Waals surface area contributed by atoms with Crippen LogP contribution in [0.25, 0.3) is 6.08 Å². The SMILES string of the molecule is COC(=O)C1=C(C)N=c2sc(=Cc3cccnc3)c(=O)n2C1c1ccc(C(C)C)cc1. The van der Waals surface area contributed by atoms with E-state index in [1.165, 1.54) is 24.0 Å². The largest absolute Gasteiger partial charge is 0.466 e. The van der Waals surface area contributed by atoms with E-state index >= 15 is 0 Å². The summed E-state index contributed by atoms with van der Waals surface area (Å²) in [6, 6.07) is 11.1. The van der Waals surface area contributed by atoms with Crippen molar-refractivity contribution in [1.82, 2.24) is 9.55 Å². The summed E-state index contributed by atoms with van der Waals surface area (Å²) in [6.07, 6.45) is 5.18. The van der Waals surface area contributed by atoms with Gasteiger partial charge < -0.3 is 4.74 Å². The molecule has 6 nitrogen and oxygen atoms in total. The predicted molar refractivity (Wildman–Crippen MR) is 121 cm³/mol. The number of hydrogen-bond donors (Lipinski definition) is 0. The third kappa shape index (κ3) is 3.88. The molecule has 0 saturated carbocycles. The van der Waals surface area contributed by atoms with Crippen LogP contribution in [0.3, 0.4) is 0 Å². The number of ether oxygens (including phenoxy) is 1. The minimum absolute atomic E-state index is 0.195. The Morgan fingerprint density at radius 3 is 2.58 bits per heavy atom. The van der Waals surface area contributed by atoms with Gasteiger partial charge in [-0.1, -0.05) is 55.5 Å². The highest BCUT2D eigenvalue weighted by Crippen LogP contribution is 2.31. The lowest BCUT2D eigenvalue weighted by Gasteiger charge is -2.24. The van der Waals surface area contributed by atoms with Crippen LogP contribution in [0.2, 0.25) is 0 Å². The fraction of sp³-hybridized carbons (Fsp3) is 0.250. The van der Waals surface area contributed by atoms with Crippen molar-refractivity contribution >= 4 is 23.4 Å². The van der Waals surface area contributed by atoms with Gasteiger partial charge in [0.05, 0.1) is 29.0 Å². The molecule has 0 amide bonds. The fourth-order valence-electron chi connectivity index (χ4n) is 3.68. The molecule has 0 bridgehead atoms. The number of allylic oxidation sites excluding steroid dienone is 1. The van der Waals surface area contributed by atoms with Gasteiger partial charge in [0.1, 0.15) is 0 Å². The van der Waals surface area contributed by atoms with Crippen LogP contribution in [0.4, 0.5) is 0 Å². The van der Waals surface area contributed by atoms with E-state index in [9.17, 15) is 9.59 Å². The fourth-order valence-corrected chi connectivity index (χ4v) is 4.73. The van der Waals surface area contributed by atoms with E-state index in [4.69, 9.17) is 4.74 Å². The van der Waals surface area contributed by atoms with Gasteiger partial charge in [-0.2, -0.15) is 0 Å². The number of benzene rings is 1. The molecule has 1 atom stereocenters. The Labute approximate surface area is 183 Å². The summed E-state index contributed by atoms with van der Waals surface area (Å²) in [7, 11) is 1.34. The molecule has 1 aliphatic rings. The van der Waals surface area contributed by atoms with Gasteiger partial charge >= 0.3 is 5.97 Å². The Balaban J connectivity index is 1.95. The zero-order valence-electron chi connectivity index (χ0n) is 17.8. The van der Waals surface area contributed by atoms with Crippen molar-refractivity contribution in [2.45, 2.75) is 32.7 Å². The van der Waals surface area contributed by atoms with Crippen LogP contribution < -0.4 is 14.9 Å². The summed E-state index contributed by atoms with van der Waals surface area (Å²) < 4.78 is 7.18. The topological polar surface area (TPSA) is 73.6 Å². The van der Waals surface area contributed by atoms with Crippen LogP contribution in [0, 0.1) is 0 Å².